The zero-order valence-corrected chi connectivity index (χ0v) is 22.4. The van der Waals surface area contributed by atoms with E-state index in [0.29, 0.717) is 71.7 Å². The molecule has 0 atom stereocenters. The maximum atomic E-state index is 12.3. The van der Waals surface area contributed by atoms with Crippen LogP contribution < -0.4 is 20.9 Å². The summed E-state index contributed by atoms with van der Waals surface area (Å²) in [7, 11) is 0. The van der Waals surface area contributed by atoms with Gasteiger partial charge in [0.15, 0.2) is 5.82 Å². The molecule has 0 radical (unpaired) electrons. The number of carbonyl (C=O) groups excluding carboxylic acids is 1. The summed E-state index contributed by atoms with van der Waals surface area (Å²) < 4.78 is 5.45. The summed E-state index contributed by atoms with van der Waals surface area (Å²) >= 11 is 5.89. The van der Waals surface area contributed by atoms with Crippen molar-refractivity contribution in [2.24, 2.45) is 0 Å². The van der Waals surface area contributed by atoms with E-state index in [1.807, 2.05) is 4.90 Å². The third-order valence-electron chi connectivity index (χ3n) is 5.94. The molecule has 1 fully saturated rings. The number of non-ortho nitro benzene ring substituents is 1. The zero-order chi connectivity index (χ0) is 28.6. The number of hydrogen-bond acceptors (Lipinski definition) is 9. The first-order valence-electron chi connectivity index (χ1n) is 12.6. The number of nitrogens with one attached hydrogen (secondary N) is 3. The van der Waals surface area contributed by atoms with Gasteiger partial charge >= 0.3 is 6.03 Å². The molecule has 2 heterocycles. The summed E-state index contributed by atoms with van der Waals surface area (Å²) in [4.78, 5) is 38.7. The van der Waals surface area contributed by atoms with Crippen LogP contribution in [0.2, 0.25) is 5.02 Å². The van der Waals surface area contributed by atoms with E-state index in [-0.39, 0.29) is 11.7 Å². The minimum absolute atomic E-state index is 0.000412. The molecular weight excluding hydrogens is 548 g/mol. The van der Waals surface area contributed by atoms with Crippen LogP contribution in [0.4, 0.5) is 39.4 Å². The highest BCUT2D eigenvalue weighted by molar-refractivity contribution is 6.30. The molecule has 5 rings (SSSR count). The molecule has 1 aromatic heterocycles. The minimum atomic E-state index is -0.439. The monoisotopic (exact) mass is 572 g/mol. The first-order valence-corrected chi connectivity index (χ1v) is 13.0. The molecule has 41 heavy (non-hydrogen) atoms. The van der Waals surface area contributed by atoms with Crippen LogP contribution in [-0.4, -0.2) is 52.2 Å². The van der Waals surface area contributed by atoms with Crippen LogP contribution in [0.1, 0.15) is 11.4 Å². The van der Waals surface area contributed by atoms with Crippen molar-refractivity contribution in [3.8, 4) is 0 Å². The second-order valence-electron chi connectivity index (χ2n) is 8.89. The van der Waals surface area contributed by atoms with Crippen molar-refractivity contribution < 1.29 is 14.5 Å². The molecule has 4 aromatic rings. The lowest BCUT2D eigenvalue weighted by Crippen LogP contribution is -2.37. The number of hydrogen-bond donors (Lipinski definition) is 3. The van der Waals surface area contributed by atoms with Gasteiger partial charge in [0.25, 0.3) is 5.69 Å². The lowest BCUT2D eigenvalue weighted by molar-refractivity contribution is -0.384. The van der Waals surface area contributed by atoms with Crippen LogP contribution in [0.5, 0.6) is 0 Å². The number of urea groups is 1. The SMILES string of the molecule is O=C(Nc1ccc(Cl)cc1)Nc1ccc(Nc2nc(/C=C/c3cccc([N+](=O)[O-])c3)nc(N3CCOCC3)n2)cc1. The summed E-state index contributed by atoms with van der Waals surface area (Å²) in [5.74, 6) is 1.19. The molecule has 13 heteroatoms. The quantitative estimate of drug-likeness (QED) is 0.175. The summed E-state index contributed by atoms with van der Waals surface area (Å²) in [5.41, 5.74) is 2.55. The van der Waals surface area contributed by atoms with Gasteiger partial charge in [-0.25, -0.2) is 4.79 Å². The third-order valence-corrected chi connectivity index (χ3v) is 6.19. The molecule has 208 valence electrons. The van der Waals surface area contributed by atoms with Crippen LogP contribution in [0.3, 0.4) is 0 Å². The van der Waals surface area contributed by atoms with Gasteiger partial charge in [0.05, 0.1) is 18.1 Å². The largest absolute Gasteiger partial charge is 0.378 e. The molecule has 1 aliphatic heterocycles. The molecule has 1 aliphatic rings. The van der Waals surface area contributed by atoms with Crippen molar-refractivity contribution in [3.63, 3.8) is 0 Å². The lowest BCUT2D eigenvalue weighted by atomic mass is 10.2. The standard InChI is InChI=1S/C28H25ClN8O4/c29-20-5-7-22(8-6-20)31-28(38)32-23-11-9-21(10-12-23)30-26-33-25(34-27(35-26)36-14-16-41-17-15-36)13-4-19-2-1-3-24(18-19)37(39)40/h1-13,18H,14-17H2,(H2,31,32,38)(H,30,33,34,35)/b13-4+. The summed E-state index contributed by atoms with van der Waals surface area (Å²) in [6.45, 7) is 2.40. The summed E-state index contributed by atoms with van der Waals surface area (Å²) in [5, 5.41) is 20.4. The number of ether oxygens (including phenoxy) is 1. The molecule has 0 saturated carbocycles. The number of amides is 2. The maximum Gasteiger partial charge on any atom is 0.323 e. The van der Waals surface area contributed by atoms with E-state index >= 15 is 0 Å². The van der Waals surface area contributed by atoms with Crippen molar-refractivity contribution in [2.45, 2.75) is 0 Å². The number of carbonyl (C=O) groups is 1. The Morgan fingerprint density at radius 2 is 1.56 bits per heavy atom. The van der Waals surface area contributed by atoms with Gasteiger partial charge in [-0.05, 0) is 60.2 Å². The van der Waals surface area contributed by atoms with Gasteiger partial charge in [0, 0.05) is 47.3 Å². The lowest BCUT2D eigenvalue weighted by Gasteiger charge is -2.27. The summed E-state index contributed by atoms with van der Waals surface area (Å²) in [6.07, 6.45) is 3.40. The van der Waals surface area contributed by atoms with Gasteiger partial charge in [0.2, 0.25) is 11.9 Å². The van der Waals surface area contributed by atoms with Crippen LogP contribution in [0, 0.1) is 10.1 Å². The van der Waals surface area contributed by atoms with Crippen LogP contribution in [-0.2, 0) is 4.74 Å². The predicted octanol–water partition coefficient (Wildman–Crippen LogP) is 5.83. The van der Waals surface area contributed by atoms with Crippen molar-refractivity contribution >= 4 is 64.4 Å². The van der Waals surface area contributed by atoms with E-state index in [0.717, 1.165) is 0 Å². The first kappa shape index (κ1) is 27.5. The van der Waals surface area contributed by atoms with Gasteiger partial charge in [-0.2, -0.15) is 15.0 Å². The average Bonchev–Trinajstić information content (AvgIpc) is 2.99. The van der Waals surface area contributed by atoms with E-state index in [1.54, 1.807) is 72.8 Å². The number of nitro benzene ring substituents is 1. The maximum absolute atomic E-state index is 12.3. The third kappa shape index (κ3) is 7.75. The van der Waals surface area contributed by atoms with Gasteiger partial charge in [0.1, 0.15) is 0 Å². The topological polar surface area (TPSA) is 147 Å². The smallest absolute Gasteiger partial charge is 0.323 e. The van der Waals surface area contributed by atoms with Crippen LogP contribution in [0.25, 0.3) is 12.2 Å². The van der Waals surface area contributed by atoms with E-state index in [4.69, 9.17) is 16.3 Å². The van der Waals surface area contributed by atoms with Crippen molar-refractivity contribution in [1.82, 2.24) is 15.0 Å². The molecule has 0 aliphatic carbocycles. The molecule has 12 nitrogen and oxygen atoms in total. The molecule has 0 unspecified atom stereocenters. The van der Waals surface area contributed by atoms with Gasteiger partial charge in [-0.15, -0.1) is 0 Å². The Morgan fingerprint density at radius 3 is 2.24 bits per heavy atom. The predicted molar refractivity (Wildman–Crippen MR) is 159 cm³/mol. The normalized spacial score (nSPS) is 13.1. The van der Waals surface area contributed by atoms with Crippen molar-refractivity contribution in [2.75, 3.05) is 47.2 Å². The second-order valence-corrected chi connectivity index (χ2v) is 9.33. The average molecular weight is 573 g/mol. The minimum Gasteiger partial charge on any atom is -0.378 e. The Morgan fingerprint density at radius 1 is 0.902 bits per heavy atom. The fraction of sp³-hybridized carbons (Fsp3) is 0.143. The second kappa shape index (κ2) is 12.9. The molecule has 0 bridgehead atoms. The number of halogens is 1. The first-order chi connectivity index (χ1) is 19.9. The van der Waals surface area contributed by atoms with E-state index in [9.17, 15) is 14.9 Å². The van der Waals surface area contributed by atoms with Crippen LogP contribution in [0.15, 0.2) is 72.8 Å². The van der Waals surface area contributed by atoms with E-state index in [2.05, 4.69) is 30.9 Å². The van der Waals surface area contributed by atoms with E-state index in [1.165, 1.54) is 12.1 Å². The Bertz CT molecular complexity index is 1560. The Labute approximate surface area is 240 Å². The molecule has 3 aromatic carbocycles. The molecule has 3 N–H and O–H groups in total. The number of nitro groups is 1. The van der Waals surface area contributed by atoms with Gasteiger partial charge < -0.3 is 25.6 Å². The molecule has 0 spiro atoms. The number of rotatable bonds is 8. The molecule has 1 saturated heterocycles. The van der Waals surface area contributed by atoms with Gasteiger partial charge in [-0.1, -0.05) is 29.8 Å². The number of nitrogens with zero attached hydrogens (tertiary/aromatic N) is 5. The van der Waals surface area contributed by atoms with Crippen molar-refractivity contribution in [1.29, 1.82) is 0 Å². The molecular formula is C28H25ClN8O4. The molecule has 2 amide bonds. The number of aromatic nitrogens is 3. The summed E-state index contributed by atoms with van der Waals surface area (Å²) in [6, 6.07) is 19.8. The highest BCUT2D eigenvalue weighted by Crippen LogP contribution is 2.21. The number of morpholine rings is 1. The number of anilines is 5. The zero-order valence-electron chi connectivity index (χ0n) is 21.7. The number of benzene rings is 3. The highest BCUT2D eigenvalue weighted by atomic mass is 35.5. The Hall–Kier alpha value is -5.07. The van der Waals surface area contributed by atoms with E-state index < -0.39 is 4.92 Å². The highest BCUT2D eigenvalue weighted by Gasteiger charge is 2.16. The van der Waals surface area contributed by atoms with Crippen LogP contribution >= 0.6 is 11.6 Å². The Kier molecular flexibility index (Phi) is 8.62. The van der Waals surface area contributed by atoms with Crippen molar-refractivity contribution in [3.05, 3.63) is 99.3 Å². The Balaban J connectivity index is 1.31. The van der Waals surface area contributed by atoms with Gasteiger partial charge in [-0.3, -0.25) is 10.1 Å². The fourth-order valence-electron chi connectivity index (χ4n) is 3.92. The fourth-order valence-corrected chi connectivity index (χ4v) is 4.05.